The molecule has 18 heavy (non-hydrogen) atoms. The molecule has 3 nitrogen and oxygen atoms in total. The van der Waals surface area contributed by atoms with Crippen molar-refractivity contribution < 1.29 is 8.42 Å². The first-order valence-corrected chi connectivity index (χ1v) is 8.03. The van der Waals surface area contributed by atoms with Crippen molar-refractivity contribution in [1.29, 1.82) is 0 Å². The zero-order valence-electron chi connectivity index (χ0n) is 10.0. The summed E-state index contributed by atoms with van der Waals surface area (Å²) in [5.41, 5.74) is 7.43. The van der Waals surface area contributed by atoms with Crippen molar-refractivity contribution in [1.82, 2.24) is 0 Å². The molecule has 0 saturated carbocycles. The molecule has 1 heterocycles. The van der Waals surface area contributed by atoms with Crippen LogP contribution in [0.3, 0.4) is 0 Å². The number of nitrogens with two attached hydrogens (primary N) is 1. The van der Waals surface area contributed by atoms with Crippen LogP contribution in [0.5, 0.6) is 0 Å². The van der Waals surface area contributed by atoms with Crippen LogP contribution < -0.4 is 5.73 Å². The summed E-state index contributed by atoms with van der Waals surface area (Å²) >= 11 is 1.23. The fourth-order valence-corrected chi connectivity index (χ4v) is 4.84. The lowest BCUT2D eigenvalue weighted by Crippen LogP contribution is -2.22. The van der Waals surface area contributed by atoms with E-state index in [9.17, 15) is 8.42 Å². The van der Waals surface area contributed by atoms with E-state index in [1.807, 2.05) is 31.2 Å². The predicted molar refractivity (Wildman–Crippen MR) is 74.5 cm³/mol. The van der Waals surface area contributed by atoms with Gasteiger partial charge in [0.05, 0.1) is 0 Å². The first kappa shape index (κ1) is 13.3. The van der Waals surface area contributed by atoms with Crippen molar-refractivity contribution in [3.05, 3.63) is 52.9 Å². The van der Waals surface area contributed by atoms with Crippen molar-refractivity contribution in [3.8, 4) is 0 Å². The Labute approximate surface area is 111 Å². The van der Waals surface area contributed by atoms with E-state index in [2.05, 4.69) is 0 Å². The lowest BCUT2D eigenvalue weighted by Gasteiger charge is -2.17. The van der Waals surface area contributed by atoms with Gasteiger partial charge >= 0.3 is 0 Å². The van der Waals surface area contributed by atoms with Gasteiger partial charge in [0, 0.05) is 6.54 Å². The third-order valence-electron chi connectivity index (χ3n) is 2.90. The maximum absolute atomic E-state index is 12.5. The molecule has 0 aliphatic rings. The van der Waals surface area contributed by atoms with E-state index in [0.29, 0.717) is 4.21 Å². The first-order valence-electron chi connectivity index (χ1n) is 5.60. The molecule has 0 saturated heterocycles. The van der Waals surface area contributed by atoms with Crippen molar-refractivity contribution in [2.45, 2.75) is 16.4 Å². The molecule has 2 rings (SSSR count). The predicted octanol–water partition coefficient (Wildman–Crippen LogP) is 2.53. The van der Waals surface area contributed by atoms with Gasteiger partial charge in [-0.15, -0.1) is 11.3 Å². The Balaban J connectivity index is 2.51. The Morgan fingerprint density at radius 2 is 1.94 bits per heavy atom. The van der Waals surface area contributed by atoms with E-state index in [4.69, 9.17) is 5.73 Å². The molecule has 0 aliphatic carbocycles. The van der Waals surface area contributed by atoms with E-state index >= 15 is 0 Å². The molecule has 0 spiro atoms. The minimum Gasteiger partial charge on any atom is -0.329 e. The topological polar surface area (TPSA) is 60.2 Å². The molecule has 0 aliphatic heterocycles. The molecule has 5 heteroatoms. The Hall–Kier alpha value is -1.17. The smallest absolute Gasteiger partial charge is 0.195 e. The first-order chi connectivity index (χ1) is 8.57. The van der Waals surface area contributed by atoms with E-state index in [1.54, 1.807) is 17.5 Å². The molecule has 1 aromatic carbocycles. The molecule has 2 N–H and O–H groups in total. The lowest BCUT2D eigenvalue weighted by atomic mass is 10.1. The molecular weight excluding hydrogens is 266 g/mol. The van der Waals surface area contributed by atoms with Gasteiger partial charge < -0.3 is 5.73 Å². The van der Waals surface area contributed by atoms with Crippen molar-refractivity contribution in [3.63, 3.8) is 0 Å². The molecule has 0 bridgehead atoms. The van der Waals surface area contributed by atoms with Crippen molar-refractivity contribution in [2.24, 2.45) is 5.73 Å². The summed E-state index contributed by atoms with van der Waals surface area (Å²) in [6.07, 6.45) is 0. The van der Waals surface area contributed by atoms with Crippen LogP contribution >= 0.6 is 11.3 Å². The molecule has 2 aromatic rings. The van der Waals surface area contributed by atoms with Gasteiger partial charge in [-0.3, -0.25) is 0 Å². The normalized spacial score (nSPS) is 13.4. The molecule has 1 aromatic heterocycles. The zero-order valence-corrected chi connectivity index (χ0v) is 11.7. The van der Waals surface area contributed by atoms with Crippen molar-refractivity contribution in [2.75, 3.05) is 6.54 Å². The Morgan fingerprint density at radius 3 is 2.50 bits per heavy atom. The Morgan fingerprint density at radius 1 is 1.22 bits per heavy atom. The maximum Gasteiger partial charge on any atom is 0.195 e. The van der Waals surface area contributed by atoms with Crippen LogP contribution in [-0.2, 0) is 9.84 Å². The van der Waals surface area contributed by atoms with Crippen LogP contribution in [0.25, 0.3) is 0 Å². The molecule has 0 fully saturated rings. The molecule has 0 amide bonds. The van der Waals surface area contributed by atoms with Gasteiger partial charge in [-0.05, 0) is 29.5 Å². The molecule has 0 unspecified atom stereocenters. The quantitative estimate of drug-likeness (QED) is 0.936. The van der Waals surface area contributed by atoms with Gasteiger partial charge in [0.25, 0.3) is 0 Å². The highest BCUT2D eigenvalue weighted by Crippen LogP contribution is 2.32. The highest BCUT2D eigenvalue weighted by Gasteiger charge is 2.29. The summed E-state index contributed by atoms with van der Waals surface area (Å²) in [6, 6.07) is 10.8. The second kappa shape index (κ2) is 5.22. The number of aryl methyl sites for hydroxylation is 1. The SMILES string of the molecule is Cc1ccccc1[C@H](CN)S(=O)(=O)c1cccs1. The summed E-state index contributed by atoms with van der Waals surface area (Å²) in [5.74, 6) is 0. The highest BCUT2D eigenvalue weighted by molar-refractivity contribution is 7.93. The van der Waals surface area contributed by atoms with Crippen LogP contribution in [0, 0.1) is 6.92 Å². The lowest BCUT2D eigenvalue weighted by molar-refractivity contribution is 0.584. The average Bonchev–Trinajstić information content (AvgIpc) is 2.86. The fraction of sp³-hybridized carbons (Fsp3) is 0.231. The minimum absolute atomic E-state index is 0.0884. The van der Waals surface area contributed by atoms with Crippen LogP contribution in [0.15, 0.2) is 46.0 Å². The monoisotopic (exact) mass is 281 g/mol. The van der Waals surface area contributed by atoms with Gasteiger partial charge in [-0.2, -0.15) is 0 Å². The standard InChI is InChI=1S/C13H15NO2S2/c1-10-5-2-3-6-11(10)12(9-14)18(15,16)13-7-4-8-17-13/h2-8,12H,9,14H2,1H3/t12-/m0/s1. The number of hydrogen-bond donors (Lipinski definition) is 1. The van der Waals surface area contributed by atoms with Gasteiger partial charge in [-0.1, -0.05) is 30.3 Å². The van der Waals surface area contributed by atoms with Gasteiger partial charge in [-0.25, -0.2) is 8.42 Å². The molecule has 96 valence electrons. The molecule has 1 atom stereocenters. The Kier molecular flexibility index (Phi) is 3.85. The number of rotatable bonds is 4. The van der Waals surface area contributed by atoms with Crippen LogP contribution in [-0.4, -0.2) is 15.0 Å². The number of benzene rings is 1. The summed E-state index contributed by atoms with van der Waals surface area (Å²) in [6.45, 7) is 1.99. The van der Waals surface area contributed by atoms with E-state index < -0.39 is 15.1 Å². The second-order valence-electron chi connectivity index (χ2n) is 4.06. The Bertz CT molecular complexity index is 618. The largest absolute Gasteiger partial charge is 0.329 e. The van der Waals surface area contributed by atoms with Crippen LogP contribution in [0.4, 0.5) is 0 Å². The van der Waals surface area contributed by atoms with Crippen LogP contribution in [0.1, 0.15) is 16.4 Å². The molecular formula is C13H15NO2S2. The third kappa shape index (κ3) is 2.34. The minimum atomic E-state index is -3.39. The van der Waals surface area contributed by atoms with E-state index in [1.165, 1.54) is 11.3 Å². The average molecular weight is 281 g/mol. The van der Waals surface area contributed by atoms with E-state index in [0.717, 1.165) is 11.1 Å². The summed E-state index contributed by atoms with van der Waals surface area (Å²) in [5, 5.41) is 1.09. The van der Waals surface area contributed by atoms with E-state index in [-0.39, 0.29) is 6.54 Å². The zero-order chi connectivity index (χ0) is 13.2. The number of sulfone groups is 1. The summed E-state index contributed by atoms with van der Waals surface area (Å²) in [7, 11) is -3.39. The van der Waals surface area contributed by atoms with Gasteiger partial charge in [0.1, 0.15) is 9.46 Å². The maximum atomic E-state index is 12.5. The number of hydrogen-bond acceptors (Lipinski definition) is 4. The third-order valence-corrected chi connectivity index (χ3v) is 6.44. The summed E-state index contributed by atoms with van der Waals surface area (Å²) in [4.78, 5) is 0. The summed E-state index contributed by atoms with van der Waals surface area (Å²) < 4.78 is 25.4. The second-order valence-corrected chi connectivity index (χ2v) is 7.36. The van der Waals surface area contributed by atoms with Gasteiger partial charge in [0.2, 0.25) is 0 Å². The highest BCUT2D eigenvalue weighted by atomic mass is 32.2. The fourth-order valence-electron chi connectivity index (χ4n) is 1.93. The molecule has 0 radical (unpaired) electrons. The van der Waals surface area contributed by atoms with Crippen molar-refractivity contribution >= 4 is 21.2 Å². The number of thiophene rings is 1. The van der Waals surface area contributed by atoms with Crippen LogP contribution in [0.2, 0.25) is 0 Å². The van der Waals surface area contributed by atoms with Gasteiger partial charge in [0.15, 0.2) is 9.84 Å².